The quantitative estimate of drug-likeness (QED) is 0.126. The molecule has 1 saturated heterocycles. The molecule has 1 amide bonds. The number of hydrogen-bond acceptors (Lipinski definition) is 7. The second kappa shape index (κ2) is 14.4. The molecule has 47 heavy (non-hydrogen) atoms. The lowest BCUT2D eigenvalue weighted by Gasteiger charge is -2.16. The average molecular weight is 674 g/mol. The molecule has 0 unspecified atom stereocenters. The molecule has 4 heterocycles. The number of halogens is 2. The number of methoxy groups -OCH3 is 1. The van der Waals surface area contributed by atoms with E-state index in [4.69, 9.17) is 32.9 Å². The molecule has 5 aromatic rings. The molecule has 9 nitrogen and oxygen atoms in total. The third-order valence-electron chi connectivity index (χ3n) is 8.47. The third kappa shape index (κ3) is 7.15. The number of rotatable bonds is 12. The highest BCUT2D eigenvalue weighted by atomic mass is 35.5. The maximum atomic E-state index is 11.5. The van der Waals surface area contributed by atoms with Crippen molar-refractivity contribution in [1.82, 2.24) is 30.5 Å². The van der Waals surface area contributed by atoms with E-state index in [2.05, 4.69) is 33.2 Å². The number of ether oxygens (including phenoxy) is 1. The Hall–Kier alpha value is -3.99. The molecule has 6 rings (SSSR count). The zero-order valence-corrected chi connectivity index (χ0v) is 28.1. The highest BCUT2D eigenvalue weighted by Gasteiger charge is 2.21. The predicted molar refractivity (Wildman–Crippen MR) is 188 cm³/mol. The van der Waals surface area contributed by atoms with E-state index in [-0.39, 0.29) is 11.9 Å². The van der Waals surface area contributed by atoms with Gasteiger partial charge in [0.15, 0.2) is 0 Å². The first-order valence-corrected chi connectivity index (χ1v) is 16.4. The summed E-state index contributed by atoms with van der Waals surface area (Å²) in [6.07, 6.45) is 4.81. The van der Waals surface area contributed by atoms with Gasteiger partial charge >= 0.3 is 0 Å². The first kappa shape index (κ1) is 32.9. The summed E-state index contributed by atoms with van der Waals surface area (Å²) in [5.74, 6) is 0.828. The molecule has 11 heteroatoms. The molecular formula is C36H38Cl2N6O3. The molecule has 0 spiro atoms. The number of carbonyl (C=O) groups is 1. The molecule has 2 atom stereocenters. The molecule has 1 aliphatic rings. The first-order valence-electron chi connectivity index (χ1n) is 15.7. The van der Waals surface area contributed by atoms with Crippen molar-refractivity contribution >= 4 is 40.1 Å². The minimum atomic E-state index is -0.412. The Bertz CT molecular complexity index is 1930. The maximum Gasteiger partial charge on any atom is 0.220 e. The van der Waals surface area contributed by atoms with Gasteiger partial charge in [-0.05, 0) is 43.2 Å². The van der Waals surface area contributed by atoms with Crippen molar-refractivity contribution in [3.8, 4) is 39.4 Å². The van der Waals surface area contributed by atoms with Crippen LogP contribution in [0.2, 0.25) is 10.0 Å². The largest absolute Gasteiger partial charge is 0.496 e. The zero-order valence-electron chi connectivity index (χ0n) is 26.6. The van der Waals surface area contributed by atoms with Crippen LogP contribution in [0.25, 0.3) is 44.7 Å². The van der Waals surface area contributed by atoms with Crippen LogP contribution in [0.5, 0.6) is 5.75 Å². The fourth-order valence-corrected chi connectivity index (χ4v) is 6.73. The van der Waals surface area contributed by atoms with Crippen LogP contribution in [0.4, 0.5) is 0 Å². The molecule has 3 aromatic heterocycles. The summed E-state index contributed by atoms with van der Waals surface area (Å²) in [6.45, 7) is 4.21. The number of pyridine rings is 2. The summed E-state index contributed by atoms with van der Waals surface area (Å²) in [5.41, 5.74) is 7.49. The average Bonchev–Trinajstić information content (AvgIpc) is 3.62. The van der Waals surface area contributed by atoms with Crippen molar-refractivity contribution in [2.75, 3.05) is 20.2 Å². The second-order valence-electron chi connectivity index (χ2n) is 12.0. The van der Waals surface area contributed by atoms with Crippen LogP contribution in [0.15, 0.2) is 67.0 Å². The van der Waals surface area contributed by atoms with Gasteiger partial charge < -0.3 is 30.4 Å². The number of nitrogens with zero attached hydrogens (tertiary/aromatic N) is 3. The Morgan fingerprint density at radius 1 is 1.04 bits per heavy atom. The lowest BCUT2D eigenvalue weighted by molar-refractivity contribution is -0.119. The number of aliphatic hydroxyl groups excluding tert-OH is 1. The maximum absolute atomic E-state index is 11.5. The summed E-state index contributed by atoms with van der Waals surface area (Å²) in [7, 11) is 3.62. The number of aromatic nitrogens is 3. The van der Waals surface area contributed by atoms with E-state index < -0.39 is 6.10 Å². The molecular weight excluding hydrogens is 635 g/mol. The molecule has 0 radical (unpaired) electrons. The van der Waals surface area contributed by atoms with E-state index in [9.17, 15) is 9.90 Å². The number of fused-ring (bicyclic) bond motifs is 1. The van der Waals surface area contributed by atoms with Gasteiger partial charge in [0.2, 0.25) is 5.91 Å². The van der Waals surface area contributed by atoms with Gasteiger partial charge in [-0.15, -0.1) is 0 Å². The van der Waals surface area contributed by atoms with Crippen LogP contribution in [0, 0.1) is 0 Å². The Balaban J connectivity index is 1.26. The van der Waals surface area contributed by atoms with Crippen molar-refractivity contribution in [2.45, 2.75) is 45.0 Å². The number of hydrogen-bond donors (Lipinski definition) is 4. The summed E-state index contributed by atoms with van der Waals surface area (Å²) in [5, 5.41) is 21.4. The molecule has 0 saturated carbocycles. The SMILES string of the molecule is COc1cc(-c2nccc(-c3cccc(-c4ccc5c(CNC[C@@H](C)O)cn(C)c5n4)c3Cl)c2Cl)ccc1CNC[C@H]1CCC(=O)N1. The Morgan fingerprint density at radius 2 is 1.83 bits per heavy atom. The predicted octanol–water partition coefficient (Wildman–Crippen LogP) is 6.12. The Morgan fingerprint density at radius 3 is 2.60 bits per heavy atom. The van der Waals surface area contributed by atoms with Gasteiger partial charge in [-0.25, -0.2) is 4.98 Å². The molecule has 1 fully saturated rings. The summed E-state index contributed by atoms with van der Waals surface area (Å²) >= 11 is 14.2. The van der Waals surface area contributed by atoms with Crippen molar-refractivity contribution in [1.29, 1.82) is 0 Å². The van der Waals surface area contributed by atoms with Gasteiger partial charge in [0.05, 0.1) is 34.6 Å². The van der Waals surface area contributed by atoms with Gasteiger partial charge in [-0.2, -0.15) is 0 Å². The molecule has 4 N–H and O–H groups in total. The highest BCUT2D eigenvalue weighted by molar-refractivity contribution is 6.39. The lowest BCUT2D eigenvalue weighted by atomic mass is 9.99. The van der Waals surface area contributed by atoms with Crippen LogP contribution in [-0.2, 0) is 24.9 Å². The second-order valence-corrected chi connectivity index (χ2v) is 12.7. The monoisotopic (exact) mass is 672 g/mol. The number of aliphatic hydroxyl groups is 1. The third-order valence-corrected chi connectivity index (χ3v) is 9.26. The number of amides is 1. The van der Waals surface area contributed by atoms with E-state index in [1.165, 1.54) is 0 Å². The van der Waals surface area contributed by atoms with Crippen LogP contribution in [-0.4, -0.2) is 57.9 Å². The number of aryl methyl sites for hydroxylation is 1. The van der Waals surface area contributed by atoms with Gasteiger partial charge in [-0.3, -0.25) is 9.78 Å². The van der Waals surface area contributed by atoms with E-state index in [1.54, 1.807) is 20.2 Å². The molecule has 0 bridgehead atoms. The van der Waals surface area contributed by atoms with Crippen molar-refractivity contribution in [3.05, 3.63) is 88.2 Å². The Kier molecular flexibility index (Phi) is 10.1. The summed E-state index contributed by atoms with van der Waals surface area (Å²) in [6, 6.07) is 17.9. The van der Waals surface area contributed by atoms with E-state index in [0.717, 1.165) is 62.3 Å². The normalized spacial score (nSPS) is 15.3. The lowest BCUT2D eigenvalue weighted by Crippen LogP contribution is -2.35. The Labute approximate surface area is 284 Å². The van der Waals surface area contributed by atoms with E-state index in [0.29, 0.717) is 48.3 Å². The molecule has 0 aliphatic carbocycles. The van der Waals surface area contributed by atoms with Crippen LogP contribution in [0.3, 0.4) is 0 Å². The standard InChI is InChI=1S/C36H38Cl2N6O3/c1-21(45)16-39-18-24-20-44(2)36-26(24)10-11-30(43-36)29-6-4-5-27(33(29)37)28-13-14-41-35(34(28)38)22-7-8-23(31(15-22)47-3)17-40-19-25-9-12-32(46)42-25/h4-8,10-11,13-15,20-21,25,39-40,45H,9,12,16-19H2,1-3H3,(H,42,46)/t21-,25-/m1/s1. The fourth-order valence-electron chi connectivity index (χ4n) is 6.08. The van der Waals surface area contributed by atoms with E-state index in [1.807, 2.05) is 60.1 Å². The van der Waals surface area contributed by atoms with Crippen LogP contribution >= 0.6 is 23.2 Å². The summed E-state index contributed by atoms with van der Waals surface area (Å²) in [4.78, 5) is 21.1. The topological polar surface area (TPSA) is 113 Å². The first-order chi connectivity index (χ1) is 22.7. The van der Waals surface area contributed by atoms with Crippen LogP contribution < -0.4 is 20.7 Å². The minimum Gasteiger partial charge on any atom is -0.496 e. The van der Waals surface area contributed by atoms with Gasteiger partial charge in [-0.1, -0.05) is 53.5 Å². The van der Waals surface area contributed by atoms with Crippen molar-refractivity contribution in [2.24, 2.45) is 7.05 Å². The number of benzene rings is 2. The van der Waals surface area contributed by atoms with Crippen molar-refractivity contribution in [3.63, 3.8) is 0 Å². The summed E-state index contributed by atoms with van der Waals surface area (Å²) < 4.78 is 7.74. The number of nitrogens with one attached hydrogen (secondary N) is 3. The highest BCUT2D eigenvalue weighted by Crippen LogP contribution is 2.42. The smallest absolute Gasteiger partial charge is 0.220 e. The zero-order chi connectivity index (χ0) is 33.1. The van der Waals surface area contributed by atoms with Gasteiger partial charge in [0, 0.05) is 91.3 Å². The van der Waals surface area contributed by atoms with Gasteiger partial charge in [0.1, 0.15) is 11.4 Å². The van der Waals surface area contributed by atoms with E-state index >= 15 is 0 Å². The van der Waals surface area contributed by atoms with Crippen molar-refractivity contribution < 1.29 is 14.6 Å². The van der Waals surface area contributed by atoms with Crippen LogP contribution in [0.1, 0.15) is 30.9 Å². The van der Waals surface area contributed by atoms with Gasteiger partial charge in [0.25, 0.3) is 0 Å². The fraction of sp³-hybridized carbons (Fsp3) is 0.306. The number of carbonyl (C=O) groups excluding carboxylic acids is 1. The molecule has 1 aliphatic heterocycles. The minimum absolute atomic E-state index is 0.108. The molecule has 2 aromatic carbocycles. The molecule has 244 valence electrons.